The van der Waals surface area contributed by atoms with Crippen LogP contribution in [0.25, 0.3) is 11.5 Å². The van der Waals surface area contributed by atoms with E-state index in [-0.39, 0.29) is 12.6 Å². The van der Waals surface area contributed by atoms with E-state index >= 15 is 0 Å². The molecule has 0 aliphatic heterocycles. The molecule has 0 bridgehead atoms. The molecule has 0 radical (unpaired) electrons. The van der Waals surface area contributed by atoms with E-state index in [9.17, 15) is 4.79 Å². The number of carbonyl (C=O) groups excluding carboxylic acids is 1. The molecule has 0 unspecified atom stereocenters. The van der Waals surface area contributed by atoms with Crippen molar-refractivity contribution in [1.82, 2.24) is 10.1 Å². The summed E-state index contributed by atoms with van der Waals surface area (Å²) < 4.78 is 15.5. The molecule has 6 nitrogen and oxygen atoms in total. The molecular weight excluding hydrogens is 296 g/mol. The molecule has 1 heterocycles. The van der Waals surface area contributed by atoms with Crippen LogP contribution in [-0.2, 0) is 16.1 Å². The highest BCUT2D eigenvalue weighted by atomic mass is 16.5. The first kappa shape index (κ1) is 15.5. The number of esters is 1. The molecule has 1 aliphatic carbocycles. The molecule has 122 valence electrons. The topological polar surface area (TPSA) is 74.5 Å². The highest BCUT2D eigenvalue weighted by Crippen LogP contribution is 2.27. The minimum atomic E-state index is -0.187. The van der Waals surface area contributed by atoms with Gasteiger partial charge in [-0.1, -0.05) is 18.0 Å². The lowest BCUT2D eigenvalue weighted by molar-refractivity contribution is -0.146. The van der Waals surface area contributed by atoms with Gasteiger partial charge in [0.1, 0.15) is 5.75 Å². The van der Waals surface area contributed by atoms with Gasteiger partial charge in [-0.3, -0.25) is 4.79 Å². The molecule has 0 saturated heterocycles. The summed E-state index contributed by atoms with van der Waals surface area (Å²) in [5, 5.41) is 3.84. The van der Waals surface area contributed by atoms with Gasteiger partial charge in [0, 0.05) is 12.0 Å². The van der Waals surface area contributed by atoms with Gasteiger partial charge in [0.05, 0.1) is 7.11 Å². The molecule has 1 aromatic carbocycles. The fourth-order valence-electron chi connectivity index (χ4n) is 2.82. The van der Waals surface area contributed by atoms with E-state index < -0.39 is 0 Å². The van der Waals surface area contributed by atoms with Crippen molar-refractivity contribution in [2.75, 3.05) is 7.11 Å². The van der Waals surface area contributed by atoms with Crippen molar-refractivity contribution in [3.05, 3.63) is 30.1 Å². The molecule has 1 aromatic heterocycles. The SMILES string of the molecule is COc1ccc(-c2nc(COC(=O)CC3CCCC3)no2)cc1. The molecule has 6 heteroatoms. The maximum absolute atomic E-state index is 11.8. The van der Waals surface area contributed by atoms with Gasteiger partial charge in [-0.15, -0.1) is 0 Å². The third-order valence-corrected chi connectivity index (χ3v) is 4.10. The predicted molar refractivity (Wildman–Crippen MR) is 82.7 cm³/mol. The zero-order valence-corrected chi connectivity index (χ0v) is 13.2. The van der Waals surface area contributed by atoms with E-state index in [4.69, 9.17) is 14.0 Å². The number of hydrogen-bond acceptors (Lipinski definition) is 6. The Labute approximate surface area is 134 Å². The van der Waals surface area contributed by atoms with Crippen molar-refractivity contribution in [3.8, 4) is 17.2 Å². The molecule has 1 saturated carbocycles. The first-order chi connectivity index (χ1) is 11.2. The number of nitrogens with zero attached hydrogens (tertiary/aromatic N) is 2. The number of rotatable bonds is 6. The average Bonchev–Trinajstić information content (AvgIpc) is 3.25. The van der Waals surface area contributed by atoms with Gasteiger partial charge in [0.2, 0.25) is 5.82 Å². The van der Waals surface area contributed by atoms with E-state index in [0.29, 0.717) is 24.1 Å². The Balaban J connectivity index is 1.53. The number of benzene rings is 1. The minimum Gasteiger partial charge on any atom is -0.497 e. The summed E-state index contributed by atoms with van der Waals surface area (Å²) >= 11 is 0. The number of ether oxygens (including phenoxy) is 2. The van der Waals surface area contributed by atoms with Crippen LogP contribution in [0.4, 0.5) is 0 Å². The molecule has 0 spiro atoms. The third-order valence-electron chi connectivity index (χ3n) is 4.10. The molecule has 0 amide bonds. The Morgan fingerprint density at radius 3 is 2.70 bits per heavy atom. The van der Waals surface area contributed by atoms with E-state index in [1.807, 2.05) is 24.3 Å². The maximum Gasteiger partial charge on any atom is 0.306 e. The molecular formula is C17H20N2O4. The van der Waals surface area contributed by atoms with Crippen LogP contribution in [0.1, 0.15) is 37.9 Å². The second-order valence-electron chi connectivity index (χ2n) is 5.76. The van der Waals surface area contributed by atoms with Crippen LogP contribution >= 0.6 is 0 Å². The standard InChI is InChI=1S/C17H20N2O4/c1-21-14-8-6-13(7-9-14)17-18-15(19-23-17)11-22-16(20)10-12-4-2-3-5-12/h6-9,12H,2-5,10-11H2,1H3. The van der Waals surface area contributed by atoms with Crippen molar-refractivity contribution < 1.29 is 18.8 Å². The number of methoxy groups -OCH3 is 1. The minimum absolute atomic E-state index is 0.0468. The lowest BCUT2D eigenvalue weighted by Crippen LogP contribution is -2.10. The van der Waals surface area contributed by atoms with E-state index in [2.05, 4.69) is 10.1 Å². The van der Waals surface area contributed by atoms with Gasteiger partial charge < -0.3 is 14.0 Å². The zero-order valence-electron chi connectivity index (χ0n) is 13.2. The highest BCUT2D eigenvalue weighted by molar-refractivity contribution is 5.69. The van der Waals surface area contributed by atoms with Crippen molar-refractivity contribution in [1.29, 1.82) is 0 Å². The van der Waals surface area contributed by atoms with Gasteiger partial charge in [0.25, 0.3) is 5.89 Å². The van der Waals surface area contributed by atoms with Crippen LogP contribution in [-0.4, -0.2) is 23.2 Å². The van der Waals surface area contributed by atoms with Crippen LogP contribution in [0.3, 0.4) is 0 Å². The molecule has 0 atom stereocenters. The van der Waals surface area contributed by atoms with Crippen molar-refractivity contribution in [3.63, 3.8) is 0 Å². The smallest absolute Gasteiger partial charge is 0.306 e. The van der Waals surface area contributed by atoms with Crippen molar-refractivity contribution in [2.24, 2.45) is 5.92 Å². The van der Waals surface area contributed by atoms with Gasteiger partial charge in [-0.2, -0.15) is 4.98 Å². The Kier molecular flexibility index (Phi) is 4.90. The maximum atomic E-state index is 11.8. The second kappa shape index (κ2) is 7.26. The van der Waals surface area contributed by atoms with Gasteiger partial charge >= 0.3 is 5.97 Å². The quantitative estimate of drug-likeness (QED) is 0.761. The van der Waals surface area contributed by atoms with Crippen LogP contribution < -0.4 is 4.74 Å². The Morgan fingerprint density at radius 1 is 1.26 bits per heavy atom. The zero-order chi connectivity index (χ0) is 16.1. The van der Waals surface area contributed by atoms with Gasteiger partial charge in [0.15, 0.2) is 6.61 Å². The first-order valence-electron chi connectivity index (χ1n) is 7.87. The number of hydrogen-bond donors (Lipinski definition) is 0. The van der Waals surface area contributed by atoms with E-state index in [1.54, 1.807) is 7.11 Å². The highest BCUT2D eigenvalue weighted by Gasteiger charge is 2.19. The summed E-state index contributed by atoms with van der Waals surface area (Å²) in [5.74, 6) is 1.81. The van der Waals surface area contributed by atoms with E-state index in [1.165, 1.54) is 12.8 Å². The molecule has 3 rings (SSSR count). The Morgan fingerprint density at radius 2 is 2.00 bits per heavy atom. The third kappa shape index (κ3) is 4.09. The molecule has 23 heavy (non-hydrogen) atoms. The molecule has 0 N–H and O–H groups in total. The van der Waals surface area contributed by atoms with E-state index in [0.717, 1.165) is 24.2 Å². The molecule has 1 fully saturated rings. The predicted octanol–water partition coefficient (Wildman–Crippen LogP) is 3.37. The van der Waals surface area contributed by atoms with Crippen LogP contribution in [0.2, 0.25) is 0 Å². The second-order valence-corrected chi connectivity index (χ2v) is 5.76. The van der Waals surface area contributed by atoms with Crippen molar-refractivity contribution >= 4 is 5.97 Å². The Bertz CT molecular complexity index is 645. The van der Waals surface area contributed by atoms with Gasteiger partial charge in [-0.05, 0) is 43.0 Å². The summed E-state index contributed by atoms with van der Waals surface area (Å²) in [6.45, 7) is 0.0468. The lowest BCUT2D eigenvalue weighted by Gasteiger charge is -2.07. The molecule has 1 aliphatic rings. The summed E-state index contributed by atoms with van der Waals surface area (Å²) in [6, 6.07) is 7.31. The number of aromatic nitrogens is 2. The lowest BCUT2D eigenvalue weighted by atomic mass is 10.1. The van der Waals surface area contributed by atoms with Crippen LogP contribution in [0.15, 0.2) is 28.8 Å². The Hall–Kier alpha value is -2.37. The van der Waals surface area contributed by atoms with Gasteiger partial charge in [-0.25, -0.2) is 0 Å². The fraction of sp³-hybridized carbons (Fsp3) is 0.471. The van der Waals surface area contributed by atoms with Crippen molar-refractivity contribution in [2.45, 2.75) is 38.7 Å². The normalized spacial score (nSPS) is 14.8. The van der Waals surface area contributed by atoms with Crippen LogP contribution in [0.5, 0.6) is 5.75 Å². The summed E-state index contributed by atoms with van der Waals surface area (Å²) in [5.41, 5.74) is 0.793. The average molecular weight is 316 g/mol. The summed E-state index contributed by atoms with van der Waals surface area (Å²) in [4.78, 5) is 16.0. The fourth-order valence-corrected chi connectivity index (χ4v) is 2.82. The number of carbonyl (C=O) groups is 1. The summed E-state index contributed by atoms with van der Waals surface area (Å²) in [6.07, 6.45) is 5.17. The summed E-state index contributed by atoms with van der Waals surface area (Å²) in [7, 11) is 1.61. The van der Waals surface area contributed by atoms with Crippen LogP contribution in [0, 0.1) is 5.92 Å². The monoisotopic (exact) mass is 316 g/mol. The largest absolute Gasteiger partial charge is 0.497 e. The molecule has 2 aromatic rings. The first-order valence-corrected chi connectivity index (χ1v) is 7.87.